The first-order valence-electron chi connectivity index (χ1n) is 7.88. The van der Waals surface area contributed by atoms with Crippen molar-refractivity contribution >= 4 is 5.91 Å². The highest BCUT2D eigenvalue weighted by Gasteiger charge is 2.18. The first-order valence-corrected chi connectivity index (χ1v) is 7.88. The molecule has 3 nitrogen and oxygen atoms in total. The molecule has 0 saturated heterocycles. The Morgan fingerprint density at radius 1 is 1.04 bits per heavy atom. The van der Waals surface area contributed by atoms with Crippen molar-refractivity contribution in [1.29, 1.82) is 0 Å². The molecule has 128 valence electrons. The van der Waals surface area contributed by atoms with Gasteiger partial charge in [0.1, 0.15) is 0 Å². The van der Waals surface area contributed by atoms with Gasteiger partial charge in [0.15, 0.2) is 11.6 Å². The number of aromatic nitrogens is 1. The van der Waals surface area contributed by atoms with Gasteiger partial charge in [0.25, 0.3) is 5.91 Å². The van der Waals surface area contributed by atoms with Gasteiger partial charge in [-0.05, 0) is 49.2 Å². The van der Waals surface area contributed by atoms with Gasteiger partial charge in [-0.15, -0.1) is 0 Å². The first-order chi connectivity index (χ1) is 11.9. The van der Waals surface area contributed by atoms with E-state index in [1.165, 1.54) is 6.07 Å². The van der Waals surface area contributed by atoms with Crippen molar-refractivity contribution in [2.75, 3.05) is 0 Å². The maximum absolute atomic E-state index is 13.7. The monoisotopic (exact) mass is 340 g/mol. The number of benzene rings is 2. The highest BCUT2D eigenvalue weighted by Crippen LogP contribution is 2.28. The zero-order chi connectivity index (χ0) is 18.1. The summed E-state index contributed by atoms with van der Waals surface area (Å²) in [5, 5.41) is 0. The average Bonchev–Trinajstić information content (AvgIpc) is 2.89. The maximum atomic E-state index is 13.7. The first kappa shape index (κ1) is 16.9. The minimum absolute atomic E-state index is 0.369. The fourth-order valence-electron chi connectivity index (χ4n) is 2.95. The maximum Gasteiger partial charge on any atom is 0.250 e. The van der Waals surface area contributed by atoms with Crippen LogP contribution in [0, 0.1) is 25.5 Å². The number of aryl methyl sites for hydroxylation is 1. The van der Waals surface area contributed by atoms with Gasteiger partial charge in [0.2, 0.25) is 0 Å². The largest absolute Gasteiger partial charge is 0.366 e. The predicted molar refractivity (Wildman–Crippen MR) is 93.3 cm³/mol. The van der Waals surface area contributed by atoms with Crippen LogP contribution >= 0.6 is 0 Å². The number of hydrogen-bond donors (Lipinski definition) is 1. The van der Waals surface area contributed by atoms with Crippen LogP contribution in [0.3, 0.4) is 0 Å². The Morgan fingerprint density at radius 3 is 2.40 bits per heavy atom. The number of amides is 1. The number of carbonyl (C=O) groups is 1. The molecule has 2 N–H and O–H groups in total. The van der Waals surface area contributed by atoms with Crippen LogP contribution in [-0.2, 0) is 6.54 Å². The Bertz CT molecular complexity index is 960. The third-order valence-corrected chi connectivity index (χ3v) is 4.44. The summed E-state index contributed by atoms with van der Waals surface area (Å²) in [6.07, 6.45) is 0. The minimum atomic E-state index is -0.931. The normalized spacial score (nSPS) is 10.9. The minimum Gasteiger partial charge on any atom is -0.366 e. The number of halogens is 2. The van der Waals surface area contributed by atoms with Crippen molar-refractivity contribution < 1.29 is 13.6 Å². The molecule has 0 aliphatic rings. The molecule has 0 atom stereocenters. The quantitative estimate of drug-likeness (QED) is 0.760. The van der Waals surface area contributed by atoms with Crippen molar-refractivity contribution in [2.24, 2.45) is 5.73 Å². The lowest BCUT2D eigenvalue weighted by Crippen LogP contribution is -2.13. The van der Waals surface area contributed by atoms with Gasteiger partial charge in [-0.1, -0.05) is 24.3 Å². The molecule has 1 aromatic heterocycles. The Morgan fingerprint density at radius 2 is 1.76 bits per heavy atom. The standard InChI is InChI=1S/C20H18F2N2O/c1-12-5-3-4-6-15(12)11-24-13(2)16(20(23)25)10-19(24)14-7-8-17(21)18(22)9-14/h3-10H,11H2,1-2H3,(H2,23,25). The molecule has 0 aliphatic heterocycles. The van der Waals surface area contributed by atoms with Crippen LogP contribution in [0.5, 0.6) is 0 Å². The molecule has 3 aromatic rings. The number of rotatable bonds is 4. The van der Waals surface area contributed by atoms with E-state index in [2.05, 4.69) is 0 Å². The van der Waals surface area contributed by atoms with Crippen LogP contribution in [0.25, 0.3) is 11.3 Å². The summed E-state index contributed by atoms with van der Waals surface area (Å²) < 4.78 is 28.8. The Balaban J connectivity index is 2.17. The lowest BCUT2D eigenvalue weighted by molar-refractivity contribution is 0.0999. The molecule has 25 heavy (non-hydrogen) atoms. The summed E-state index contributed by atoms with van der Waals surface area (Å²) in [6, 6.07) is 13.2. The van der Waals surface area contributed by atoms with Crippen molar-refractivity contribution in [1.82, 2.24) is 4.57 Å². The molecule has 0 saturated carbocycles. The SMILES string of the molecule is Cc1ccccc1Cn1c(-c2ccc(F)c(F)c2)cc(C(N)=O)c1C. The van der Waals surface area contributed by atoms with Crippen LogP contribution < -0.4 is 5.73 Å². The van der Waals surface area contributed by atoms with E-state index in [-0.39, 0.29) is 0 Å². The van der Waals surface area contributed by atoms with Gasteiger partial charge < -0.3 is 10.3 Å². The fraction of sp³-hybridized carbons (Fsp3) is 0.150. The molecular formula is C20H18F2N2O. The molecule has 1 amide bonds. The van der Waals surface area contributed by atoms with Gasteiger partial charge in [-0.2, -0.15) is 0 Å². The molecular weight excluding hydrogens is 322 g/mol. The number of nitrogens with two attached hydrogens (primary N) is 1. The Hall–Kier alpha value is -2.95. The third-order valence-electron chi connectivity index (χ3n) is 4.44. The second-order valence-corrected chi connectivity index (χ2v) is 6.03. The van der Waals surface area contributed by atoms with E-state index in [4.69, 9.17) is 5.73 Å². The van der Waals surface area contributed by atoms with Crippen LogP contribution in [0.2, 0.25) is 0 Å². The van der Waals surface area contributed by atoms with Gasteiger partial charge in [-0.25, -0.2) is 8.78 Å². The molecule has 3 rings (SSSR count). The van der Waals surface area contributed by atoms with E-state index in [1.54, 1.807) is 13.0 Å². The topological polar surface area (TPSA) is 48.0 Å². The number of hydrogen-bond acceptors (Lipinski definition) is 1. The summed E-state index contributed by atoms with van der Waals surface area (Å²) in [6.45, 7) is 4.29. The van der Waals surface area contributed by atoms with Crippen LogP contribution in [0.1, 0.15) is 27.2 Å². The molecule has 2 aromatic carbocycles. The molecule has 1 heterocycles. The molecule has 0 radical (unpaired) electrons. The lowest BCUT2D eigenvalue weighted by Gasteiger charge is -2.14. The number of carbonyl (C=O) groups excluding carboxylic acids is 1. The summed E-state index contributed by atoms with van der Waals surface area (Å²) in [4.78, 5) is 11.7. The Kier molecular flexibility index (Phi) is 4.40. The molecule has 0 bridgehead atoms. The van der Waals surface area contributed by atoms with Crippen molar-refractivity contribution in [2.45, 2.75) is 20.4 Å². The van der Waals surface area contributed by atoms with E-state index < -0.39 is 17.5 Å². The van der Waals surface area contributed by atoms with Crippen molar-refractivity contribution in [3.8, 4) is 11.3 Å². The molecule has 0 aliphatic carbocycles. The second kappa shape index (κ2) is 6.51. The zero-order valence-corrected chi connectivity index (χ0v) is 14.0. The predicted octanol–water partition coefficient (Wildman–Crippen LogP) is 4.20. The van der Waals surface area contributed by atoms with Crippen molar-refractivity contribution in [3.63, 3.8) is 0 Å². The van der Waals surface area contributed by atoms with E-state index in [1.807, 2.05) is 35.8 Å². The summed E-state index contributed by atoms with van der Waals surface area (Å²) in [7, 11) is 0. The lowest BCUT2D eigenvalue weighted by atomic mass is 10.1. The highest BCUT2D eigenvalue weighted by molar-refractivity contribution is 5.95. The number of primary amides is 1. The second-order valence-electron chi connectivity index (χ2n) is 6.03. The molecule has 0 spiro atoms. The Labute approximate surface area is 144 Å². The smallest absolute Gasteiger partial charge is 0.250 e. The third kappa shape index (κ3) is 3.18. The zero-order valence-electron chi connectivity index (χ0n) is 14.0. The van der Waals surface area contributed by atoms with Crippen LogP contribution in [0.15, 0.2) is 48.5 Å². The molecule has 0 unspecified atom stereocenters. The van der Waals surface area contributed by atoms with Crippen LogP contribution in [-0.4, -0.2) is 10.5 Å². The van der Waals surface area contributed by atoms with E-state index in [9.17, 15) is 13.6 Å². The summed E-state index contributed by atoms with van der Waals surface area (Å²) in [5.41, 5.74) is 9.81. The molecule has 0 fully saturated rings. The average molecular weight is 340 g/mol. The van der Waals surface area contributed by atoms with Gasteiger partial charge in [0.05, 0.1) is 5.56 Å². The van der Waals surface area contributed by atoms with Crippen LogP contribution in [0.4, 0.5) is 8.78 Å². The van der Waals surface area contributed by atoms with E-state index in [0.29, 0.717) is 29.1 Å². The summed E-state index contributed by atoms with van der Waals surface area (Å²) >= 11 is 0. The van der Waals surface area contributed by atoms with E-state index >= 15 is 0 Å². The van der Waals surface area contributed by atoms with Crippen molar-refractivity contribution in [3.05, 3.63) is 82.5 Å². The van der Waals surface area contributed by atoms with Gasteiger partial charge >= 0.3 is 0 Å². The van der Waals surface area contributed by atoms with Gasteiger partial charge in [0, 0.05) is 23.5 Å². The fourth-order valence-corrected chi connectivity index (χ4v) is 2.95. The number of nitrogens with zero attached hydrogens (tertiary/aromatic N) is 1. The molecule has 5 heteroatoms. The van der Waals surface area contributed by atoms with E-state index in [0.717, 1.165) is 23.3 Å². The van der Waals surface area contributed by atoms with Gasteiger partial charge in [-0.3, -0.25) is 4.79 Å². The summed E-state index contributed by atoms with van der Waals surface area (Å²) in [5.74, 6) is -2.39. The highest BCUT2D eigenvalue weighted by atomic mass is 19.2.